The average Bonchev–Trinajstić information content (AvgIpc) is 2.32. The molecule has 0 bridgehead atoms. The molecule has 0 unspecified atom stereocenters. The second-order valence-electron chi connectivity index (χ2n) is 3.14. The van der Waals surface area contributed by atoms with Gasteiger partial charge >= 0.3 is 0 Å². The van der Waals surface area contributed by atoms with Crippen molar-refractivity contribution < 1.29 is 9.13 Å². The Morgan fingerprint density at radius 1 is 1.25 bits per heavy atom. The van der Waals surface area contributed by atoms with E-state index in [9.17, 15) is 4.39 Å². The third-order valence-corrected chi connectivity index (χ3v) is 1.96. The molecule has 0 saturated carbocycles. The molecule has 82 valence electrons. The molecule has 0 fully saturated rings. The van der Waals surface area contributed by atoms with Crippen LogP contribution in [0.25, 0.3) is 0 Å². The number of hydrogen-bond donors (Lipinski definition) is 1. The molecule has 2 aromatic rings. The van der Waals surface area contributed by atoms with Crippen molar-refractivity contribution in [3.05, 3.63) is 48.3 Å². The van der Waals surface area contributed by atoms with Crippen molar-refractivity contribution in [2.24, 2.45) is 0 Å². The first-order chi connectivity index (χ1) is 7.75. The number of benzene rings is 1. The van der Waals surface area contributed by atoms with E-state index >= 15 is 0 Å². The largest absolute Gasteiger partial charge is 0.486 e. The molecule has 5 heteroatoms. The van der Waals surface area contributed by atoms with Gasteiger partial charge in [-0.25, -0.2) is 14.4 Å². The lowest BCUT2D eigenvalue weighted by molar-refractivity contribution is 0.294. The molecular weight excluding hydrogens is 209 g/mol. The van der Waals surface area contributed by atoms with Crippen LogP contribution in [0.2, 0.25) is 0 Å². The molecule has 0 aliphatic heterocycles. The summed E-state index contributed by atoms with van der Waals surface area (Å²) in [6, 6.07) is 6.00. The number of halogens is 1. The minimum absolute atomic E-state index is 0.100. The quantitative estimate of drug-likeness (QED) is 0.799. The predicted molar refractivity (Wildman–Crippen MR) is 57.2 cm³/mol. The van der Waals surface area contributed by atoms with E-state index in [-0.39, 0.29) is 12.3 Å². The number of nitrogen functional groups attached to an aromatic ring is 1. The SMILES string of the molecule is Nc1ccc(OCc2ncccn2)cc1F. The Bertz CT molecular complexity index is 476. The highest BCUT2D eigenvalue weighted by Crippen LogP contribution is 2.18. The summed E-state index contributed by atoms with van der Waals surface area (Å²) in [5.41, 5.74) is 5.44. The topological polar surface area (TPSA) is 61.0 Å². The fraction of sp³-hybridized carbons (Fsp3) is 0.0909. The molecule has 0 atom stereocenters. The molecule has 2 rings (SSSR count). The van der Waals surface area contributed by atoms with Gasteiger partial charge in [0.25, 0.3) is 0 Å². The van der Waals surface area contributed by atoms with Crippen molar-refractivity contribution in [3.8, 4) is 5.75 Å². The van der Waals surface area contributed by atoms with Gasteiger partial charge < -0.3 is 10.5 Å². The number of ether oxygens (including phenoxy) is 1. The van der Waals surface area contributed by atoms with Crippen LogP contribution in [-0.4, -0.2) is 9.97 Å². The van der Waals surface area contributed by atoms with E-state index in [1.807, 2.05) is 0 Å². The van der Waals surface area contributed by atoms with Crippen LogP contribution in [0.15, 0.2) is 36.7 Å². The summed E-state index contributed by atoms with van der Waals surface area (Å²) in [6.45, 7) is 0.199. The highest BCUT2D eigenvalue weighted by atomic mass is 19.1. The second-order valence-corrected chi connectivity index (χ2v) is 3.14. The molecule has 0 spiro atoms. The number of nitrogens with two attached hydrogens (primary N) is 1. The zero-order valence-electron chi connectivity index (χ0n) is 8.43. The minimum atomic E-state index is -0.494. The molecule has 0 radical (unpaired) electrons. The van der Waals surface area contributed by atoms with E-state index in [1.165, 1.54) is 12.1 Å². The molecule has 1 aromatic carbocycles. The molecule has 2 N–H and O–H groups in total. The smallest absolute Gasteiger partial charge is 0.166 e. The molecule has 1 aromatic heterocycles. The summed E-state index contributed by atoms with van der Waals surface area (Å²) >= 11 is 0. The van der Waals surface area contributed by atoms with Crippen molar-refractivity contribution in [2.75, 3.05) is 5.73 Å². The molecule has 0 saturated heterocycles. The van der Waals surface area contributed by atoms with Gasteiger partial charge in [0.2, 0.25) is 0 Å². The fourth-order valence-electron chi connectivity index (χ4n) is 1.15. The fourth-order valence-corrected chi connectivity index (χ4v) is 1.15. The van der Waals surface area contributed by atoms with E-state index in [0.29, 0.717) is 11.6 Å². The lowest BCUT2D eigenvalue weighted by Crippen LogP contribution is -2.01. The second kappa shape index (κ2) is 4.57. The summed E-state index contributed by atoms with van der Waals surface area (Å²) < 4.78 is 18.4. The lowest BCUT2D eigenvalue weighted by atomic mass is 10.3. The Hall–Kier alpha value is -2.17. The third-order valence-electron chi connectivity index (χ3n) is 1.96. The number of rotatable bonds is 3. The van der Waals surface area contributed by atoms with Gasteiger partial charge in [0.1, 0.15) is 18.2 Å². The van der Waals surface area contributed by atoms with Gasteiger partial charge in [0.05, 0.1) is 5.69 Å². The molecule has 0 aliphatic rings. The highest BCUT2D eigenvalue weighted by molar-refractivity contribution is 5.43. The maximum absolute atomic E-state index is 13.1. The van der Waals surface area contributed by atoms with Crippen LogP contribution in [-0.2, 0) is 6.61 Å². The van der Waals surface area contributed by atoms with Gasteiger partial charge in [-0.2, -0.15) is 0 Å². The van der Waals surface area contributed by atoms with Crippen molar-refractivity contribution in [1.29, 1.82) is 0 Å². The summed E-state index contributed by atoms with van der Waals surface area (Å²) in [5, 5.41) is 0. The maximum Gasteiger partial charge on any atom is 0.166 e. The standard InChI is InChI=1S/C11H10FN3O/c12-9-6-8(2-3-10(9)13)16-7-11-14-4-1-5-15-11/h1-6H,7,13H2. The Balaban J connectivity index is 2.03. The van der Waals surface area contributed by atoms with Crippen LogP contribution >= 0.6 is 0 Å². The van der Waals surface area contributed by atoms with Crippen molar-refractivity contribution in [3.63, 3.8) is 0 Å². The van der Waals surface area contributed by atoms with Gasteiger partial charge in [0.15, 0.2) is 5.82 Å². The molecule has 0 amide bonds. The van der Waals surface area contributed by atoms with Crippen molar-refractivity contribution in [2.45, 2.75) is 6.61 Å². The summed E-state index contributed by atoms with van der Waals surface area (Å²) in [4.78, 5) is 7.96. The maximum atomic E-state index is 13.1. The third kappa shape index (κ3) is 2.44. The normalized spacial score (nSPS) is 10.1. The summed E-state index contributed by atoms with van der Waals surface area (Å²) in [6.07, 6.45) is 3.24. The van der Waals surface area contributed by atoms with E-state index < -0.39 is 5.82 Å². The van der Waals surface area contributed by atoms with Gasteiger partial charge in [-0.05, 0) is 18.2 Å². The Morgan fingerprint density at radius 3 is 2.69 bits per heavy atom. The number of nitrogens with zero attached hydrogens (tertiary/aromatic N) is 2. The summed E-state index contributed by atoms with van der Waals surface area (Å²) in [7, 11) is 0. The van der Waals surface area contributed by atoms with Gasteiger partial charge in [-0.1, -0.05) is 0 Å². The van der Waals surface area contributed by atoms with Crippen LogP contribution in [0.5, 0.6) is 5.75 Å². The molecule has 1 heterocycles. The molecule has 4 nitrogen and oxygen atoms in total. The molecule has 16 heavy (non-hydrogen) atoms. The Kier molecular flexibility index (Phi) is 2.95. The van der Waals surface area contributed by atoms with E-state index in [0.717, 1.165) is 0 Å². The van der Waals surface area contributed by atoms with Crippen LogP contribution in [0.3, 0.4) is 0 Å². The highest BCUT2D eigenvalue weighted by Gasteiger charge is 2.02. The number of hydrogen-bond acceptors (Lipinski definition) is 4. The first kappa shape index (κ1) is 10.4. The van der Waals surface area contributed by atoms with Crippen LogP contribution in [0.4, 0.5) is 10.1 Å². The number of anilines is 1. The van der Waals surface area contributed by atoms with Gasteiger partial charge in [0, 0.05) is 18.5 Å². The van der Waals surface area contributed by atoms with Crippen LogP contribution < -0.4 is 10.5 Å². The Labute approximate surface area is 91.9 Å². The van der Waals surface area contributed by atoms with Crippen molar-refractivity contribution in [1.82, 2.24) is 9.97 Å². The number of aromatic nitrogens is 2. The predicted octanol–water partition coefficient (Wildman–Crippen LogP) is 1.78. The first-order valence-corrected chi connectivity index (χ1v) is 4.69. The van der Waals surface area contributed by atoms with E-state index in [2.05, 4.69) is 9.97 Å². The van der Waals surface area contributed by atoms with Gasteiger partial charge in [-0.15, -0.1) is 0 Å². The van der Waals surface area contributed by atoms with Crippen molar-refractivity contribution >= 4 is 5.69 Å². The zero-order chi connectivity index (χ0) is 11.4. The van der Waals surface area contributed by atoms with Gasteiger partial charge in [-0.3, -0.25) is 0 Å². The minimum Gasteiger partial charge on any atom is -0.486 e. The Morgan fingerprint density at radius 2 is 2.00 bits per heavy atom. The lowest BCUT2D eigenvalue weighted by Gasteiger charge is -2.05. The van der Waals surface area contributed by atoms with E-state index in [4.69, 9.17) is 10.5 Å². The van der Waals surface area contributed by atoms with Crippen LogP contribution in [0.1, 0.15) is 5.82 Å². The molecule has 0 aliphatic carbocycles. The zero-order valence-corrected chi connectivity index (χ0v) is 8.43. The van der Waals surface area contributed by atoms with E-state index in [1.54, 1.807) is 24.5 Å². The molecular formula is C11H10FN3O. The average molecular weight is 219 g/mol. The first-order valence-electron chi connectivity index (χ1n) is 4.69. The summed E-state index contributed by atoms with van der Waals surface area (Å²) in [5.74, 6) is 0.449. The monoisotopic (exact) mass is 219 g/mol. The van der Waals surface area contributed by atoms with Crippen LogP contribution in [0, 0.1) is 5.82 Å².